The van der Waals surface area contributed by atoms with Gasteiger partial charge in [0, 0.05) is 0 Å². The Kier molecular flexibility index (Phi) is 14.4. The van der Waals surface area contributed by atoms with E-state index in [0.29, 0.717) is 102 Å². The molecule has 0 N–H and O–H groups in total. The monoisotopic (exact) mass is 626 g/mol. The molecule has 3 rings (SSSR count). The first-order valence-corrected chi connectivity index (χ1v) is 14.1. The van der Waals surface area contributed by atoms with Crippen LogP contribution in [-0.4, -0.2) is 89.6 Å². The standard InChI is InChI=1S/C29H39BrO10/c1-29(2,30)28(31)40-22-23-7-8-26-27(21-23)39-20-16-35-12-11-33-14-18-37-25-6-4-3-5-24(25)36-17-13-32-9-10-34-15-19-38-26/h3-8,21H,9-20,22H2,1-2H3. The number of hydrogen-bond acceptors (Lipinski definition) is 10. The topological polar surface area (TPSA) is 100 Å². The van der Waals surface area contributed by atoms with E-state index in [2.05, 4.69) is 15.9 Å². The SMILES string of the molecule is CC(C)(Br)C(=O)OCc1ccc2c(c1)OCCOCCOCCOc1ccccc1OCCOCCOCCO2. The molecule has 0 atom stereocenters. The van der Waals surface area contributed by atoms with Gasteiger partial charge in [-0.2, -0.15) is 0 Å². The van der Waals surface area contributed by atoms with Crippen LogP contribution >= 0.6 is 15.9 Å². The van der Waals surface area contributed by atoms with Gasteiger partial charge >= 0.3 is 5.97 Å². The van der Waals surface area contributed by atoms with Gasteiger partial charge in [0.15, 0.2) is 23.0 Å². The molecule has 0 saturated carbocycles. The van der Waals surface area contributed by atoms with Crippen molar-refractivity contribution in [1.29, 1.82) is 0 Å². The van der Waals surface area contributed by atoms with Crippen LogP contribution < -0.4 is 18.9 Å². The minimum absolute atomic E-state index is 0.113. The average Bonchev–Trinajstić information content (AvgIpc) is 2.94. The van der Waals surface area contributed by atoms with E-state index in [0.717, 1.165) is 5.56 Å². The molecule has 0 saturated heterocycles. The molecule has 1 heterocycles. The number of halogens is 1. The molecule has 10 nitrogen and oxygen atoms in total. The second-order valence-electron chi connectivity index (χ2n) is 9.12. The van der Waals surface area contributed by atoms with Crippen LogP contribution in [0.4, 0.5) is 0 Å². The van der Waals surface area contributed by atoms with E-state index in [9.17, 15) is 4.79 Å². The molecular weight excluding hydrogens is 588 g/mol. The van der Waals surface area contributed by atoms with Crippen molar-refractivity contribution < 1.29 is 47.4 Å². The zero-order valence-electron chi connectivity index (χ0n) is 23.2. The molecule has 2 aromatic rings. The van der Waals surface area contributed by atoms with Crippen molar-refractivity contribution in [1.82, 2.24) is 0 Å². The number of alkyl halides is 1. The van der Waals surface area contributed by atoms with Crippen LogP contribution in [0.1, 0.15) is 19.4 Å². The first-order valence-electron chi connectivity index (χ1n) is 13.3. The Morgan fingerprint density at radius 1 is 0.650 bits per heavy atom. The number of para-hydroxylation sites is 2. The van der Waals surface area contributed by atoms with Gasteiger partial charge in [-0.3, -0.25) is 4.79 Å². The number of esters is 1. The number of fused-ring (bicyclic) bond motifs is 2. The third kappa shape index (κ3) is 12.3. The second-order valence-corrected chi connectivity index (χ2v) is 11.1. The van der Waals surface area contributed by atoms with Gasteiger partial charge in [0.1, 0.15) is 37.4 Å². The molecule has 2 aromatic carbocycles. The lowest BCUT2D eigenvalue weighted by Crippen LogP contribution is -2.26. The lowest BCUT2D eigenvalue weighted by atomic mass is 10.2. The predicted octanol–water partition coefficient (Wildman–Crippen LogP) is 4.20. The molecule has 0 bridgehead atoms. The lowest BCUT2D eigenvalue weighted by Gasteiger charge is -2.17. The van der Waals surface area contributed by atoms with Crippen molar-refractivity contribution in [2.24, 2.45) is 0 Å². The fourth-order valence-electron chi connectivity index (χ4n) is 3.37. The normalized spacial score (nSPS) is 17.3. The van der Waals surface area contributed by atoms with Crippen LogP contribution in [0.2, 0.25) is 0 Å². The van der Waals surface area contributed by atoms with Gasteiger partial charge < -0.3 is 42.6 Å². The lowest BCUT2D eigenvalue weighted by molar-refractivity contribution is -0.146. The van der Waals surface area contributed by atoms with Crippen LogP contribution in [0.25, 0.3) is 0 Å². The Labute approximate surface area is 244 Å². The number of carbonyl (C=O) groups is 1. The Morgan fingerprint density at radius 3 is 1.50 bits per heavy atom. The van der Waals surface area contributed by atoms with Gasteiger partial charge in [-0.15, -0.1) is 0 Å². The first-order chi connectivity index (χ1) is 19.4. The summed E-state index contributed by atoms with van der Waals surface area (Å²) < 4.78 is 50.5. The van der Waals surface area contributed by atoms with E-state index in [4.69, 9.17) is 42.6 Å². The smallest absolute Gasteiger partial charge is 0.322 e. The predicted molar refractivity (Wildman–Crippen MR) is 151 cm³/mol. The Balaban J connectivity index is 1.52. The van der Waals surface area contributed by atoms with E-state index in [-0.39, 0.29) is 12.6 Å². The van der Waals surface area contributed by atoms with Gasteiger partial charge in [-0.1, -0.05) is 34.1 Å². The average molecular weight is 628 g/mol. The van der Waals surface area contributed by atoms with Crippen molar-refractivity contribution >= 4 is 21.9 Å². The van der Waals surface area contributed by atoms with Crippen molar-refractivity contribution in [3.8, 4) is 23.0 Å². The van der Waals surface area contributed by atoms with E-state index in [1.54, 1.807) is 26.0 Å². The molecule has 40 heavy (non-hydrogen) atoms. The third-order valence-corrected chi connectivity index (χ3v) is 5.72. The Bertz CT molecular complexity index is 1010. The van der Waals surface area contributed by atoms with Gasteiger partial charge in [-0.25, -0.2) is 0 Å². The van der Waals surface area contributed by atoms with Gasteiger partial charge in [0.25, 0.3) is 0 Å². The van der Waals surface area contributed by atoms with Crippen LogP contribution in [-0.2, 0) is 35.1 Å². The molecule has 11 heteroatoms. The minimum Gasteiger partial charge on any atom is -0.487 e. The highest BCUT2D eigenvalue weighted by atomic mass is 79.9. The molecule has 0 unspecified atom stereocenters. The number of hydrogen-bond donors (Lipinski definition) is 0. The van der Waals surface area contributed by atoms with E-state index < -0.39 is 4.32 Å². The molecule has 1 aliphatic heterocycles. The summed E-state index contributed by atoms with van der Waals surface area (Å²) in [5.41, 5.74) is 0.775. The molecule has 0 spiro atoms. The van der Waals surface area contributed by atoms with Crippen molar-refractivity contribution in [3.63, 3.8) is 0 Å². The Morgan fingerprint density at radius 2 is 1.05 bits per heavy atom. The zero-order chi connectivity index (χ0) is 28.5. The minimum atomic E-state index is -0.761. The number of carbonyl (C=O) groups excluding carboxylic acids is 1. The molecule has 222 valence electrons. The summed E-state index contributed by atoms with van der Waals surface area (Å²) in [6, 6.07) is 12.9. The molecule has 0 fully saturated rings. The van der Waals surface area contributed by atoms with Crippen molar-refractivity contribution in [2.45, 2.75) is 24.8 Å². The number of benzene rings is 2. The highest BCUT2D eigenvalue weighted by Crippen LogP contribution is 2.29. The largest absolute Gasteiger partial charge is 0.487 e. The van der Waals surface area contributed by atoms with Crippen LogP contribution in [0, 0.1) is 0 Å². The molecule has 0 amide bonds. The fraction of sp³-hybridized carbons (Fsp3) is 0.552. The second kappa shape index (κ2) is 18.0. The molecular formula is C29H39BrO10. The van der Waals surface area contributed by atoms with Crippen LogP contribution in [0.3, 0.4) is 0 Å². The van der Waals surface area contributed by atoms with E-state index in [1.165, 1.54) is 0 Å². The summed E-state index contributed by atoms with van der Waals surface area (Å²) in [5.74, 6) is 2.06. The van der Waals surface area contributed by atoms with Gasteiger partial charge in [-0.05, 0) is 43.7 Å². The van der Waals surface area contributed by atoms with E-state index >= 15 is 0 Å². The molecule has 0 aromatic heterocycles. The molecule has 1 aliphatic rings. The zero-order valence-corrected chi connectivity index (χ0v) is 24.8. The van der Waals surface area contributed by atoms with Crippen molar-refractivity contribution in [2.75, 3.05) is 79.3 Å². The Hall–Kier alpha value is -2.57. The first kappa shape index (κ1) is 32.0. The summed E-state index contributed by atoms with van der Waals surface area (Å²) in [6.45, 7) is 8.30. The number of ether oxygens (including phenoxy) is 9. The number of rotatable bonds is 3. The van der Waals surface area contributed by atoms with Gasteiger partial charge in [0.05, 0.1) is 52.9 Å². The highest BCUT2D eigenvalue weighted by Gasteiger charge is 2.25. The van der Waals surface area contributed by atoms with Gasteiger partial charge in [0.2, 0.25) is 0 Å². The summed E-state index contributed by atoms with van der Waals surface area (Å²) in [6.07, 6.45) is 0. The maximum atomic E-state index is 12.1. The molecule has 0 radical (unpaired) electrons. The maximum absolute atomic E-state index is 12.1. The quantitative estimate of drug-likeness (QED) is 0.364. The highest BCUT2D eigenvalue weighted by molar-refractivity contribution is 9.10. The summed E-state index contributed by atoms with van der Waals surface area (Å²) in [7, 11) is 0. The van der Waals surface area contributed by atoms with Crippen molar-refractivity contribution in [3.05, 3.63) is 48.0 Å². The summed E-state index contributed by atoms with van der Waals surface area (Å²) in [4.78, 5) is 12.1. The fourth-order valence-corrected chi connectivity index (χ4v) is 3.48. The van der Waals surface area contributed by atoms with Crippen LogP contribution in [0.5, 0.6) is 23.0 Å². The summed E-state index contributed by atoms with van der Waals surface area (Å²) in [5, 5.41) is 0. The summed E-state index contributed by atoms with van der Waals surface area (Å²) >= 11 is 3.31. The molecule has 0 aliphatic carbocycles. The van der Waals surface area contributed by atoms with Crippen LogP contribution in [0.15, 0.2) is 42.5 Å². The third-order valence-electron chi connectivity index (χ3n) is 5.40. The van der Waals surface area contributed by atoms with E-state index in [1.807, 2.05) is 30.3 Å². The maximum Gasteiger partial charge on any atom is 0.322 e.